The Kier molecular flexibility index (Phi) is 7.18. The average molecular weight is 518 g/mol. The van der Waals surface area contributed by atoms with Crippen LogP contribution in [0, 0.1) is 41.9 Å². The molecule has 0 spiro atoms. The summed E-state index contributed by atoms with van der Waals surface area (Å²) < 4.78 is 11.1. The number of carbonyl (C=O) groups is 1. The minimum absolute atomic E-state index is 0.0254. The molecule has 1 aromatic heterocycles. The van der Waals surface area contributed by atoms with Crippen LogP contribution in [0.25, 0.3) is 0 Å². The molecule has 1 aromatic carbocycles. The monoisotopic (exact) mass is 517 g/mol. The lowest BCUT2D eigenvalue weighted by molar-refractivity contribution is 0.0467. The number of nitriles is 1. The highest BCUT2D eigenvalue weighted by Gasteiger charge is 2.50. The van der Waals surface area contributed by atoms with Crippen molar-refractivity contribution >= 4 is 6.09 Å². The molecule has 1 aliphatic heterocycles. The molecule has 0 unspecified atom stereocenters. The molecular formula is C29H35N5O4. The quantitative estimate of drug-likeness (QED) is 0.450. The van der Waals surface area contributed by atoms with Gasteiger partial charge in [-0.05, 0) is 69.7 Å². The van der Waals surface area contributed by atoms with Crippen LogP contribution in [0.3, 0.4) is 0 Å². The number of aromatic nitrogens is 2. The van der Waals surface area contributed by atoms with Gasteiger partial charge in [0.05, 0.1) is 23.3 Å². The van der Waals surface area contributed by atoms with E-state index in [4.69, 9.17) is 15.2 Å². The van der Waals surface area contributed by atoms with E-state index in [2.05, 4.69) is 33.4 Å². The standard InChI is InChI=1S/C29H35N5O4/c1-16(2)29(23(14-30)25(31)37-26-24(29)17(3)33-34-26)21-10-18(9-20(11-21)15-35)7-8-19-12-22(13-19)32-27(36)38-28(4,5)6/h9-11,16,19,22,35H,12-13,15,31H2,1-6H3,(H,32,36)(H,33,34)/t19?,22?,29-/m1/s1. The zero-order valence-corrected chi connectivity index (χ0v) is 22.7. The van der Waals surface area contributed by atoms with E-state index in [-0.39, 0.29) is 30.4 Å². The van der Waals surface area contributed by atoms with E-state index in [1.54, 1.807) is 0 Å². The number of benzene rings is 1. The third-order valence-electron chi connectivity index (χ3n) is 7.05. The Hall–Kier alpha value is -3.95. The first kappa shape index (κ1) is 27.1. The highest BCUT2D eigenvalue weighted by Crippen LogP contribution is 2.52. The molecular weight excluding hydrogens is 482 g/mol. The fraction of sp³-hybridized carbons (Fsp3) is 0.483. The van der Waals surface area contributed by atoms with Crippen LogP contribution in [0.15, 0.2) is 29.7 Å². The van der Waals surface area contributed by atoms with Gasteiger partial charge in [0, 0.05) is 17.5 Å². The summed E-state index contributed by atoms with van der Waals surface area (Å²) >= 11 is 0. The SMILES string of the molecule is Cc1n[nH]c2c1[C@@](c1cc(C#CC3CC(NC(=O)OC(C)(C)C)C3)cc(CO)c1)(C(C)C)C(C#N)=C(N)O2. The molecule has 4 rings (SSSR count). The molecule has 1 fully saturated rings. The summed E-state index contributed by atoms with van der Waals surface area (Å²) in [7, 11) is 0. The van der Waals surface area contributed by atoms with Crippen LogP contribution in [0.1, 0.15) is 75.4 Å². The summed E-state index contributed by atoms with van der Waals surface area (Å²) in [5.74, 6) is 7.02. The summed E-state index contributed by atoms with van der Waals surface area (Å²) in [6.45, 7) is 11.2. The van der Waals surface area contributed by atoms with Crippen molar-refractivity contribution in [1.82, 2.24) is 15.5 Å². The Morgan fingerprint density at radius 2 is 2.08 bits per heavy atom. The fourth-order valence-electron chi connectivity index (χ4n) is 5.37. The zero-order valence-electron chi connectivity index (χ0n) is 22.7. The average Bonchev–Trinajstić information content (AvgIpc) is 3.17. The number of allylic oxidation sites excluding steroid dienone is 1. The van der Waals surface area contributed by atoms with Gasteiger partial charge in [0.25, 0.3) is 0 Å². The Morgan fingerprint density at radius 3 is 2.68 bits per heavy atom. The number of ether oxygens (including phenoxy) is 2. The third-order valence-corrected chi connectivity index (χ3v) is 7.05. The molecule has 1 saturated carbocycles. The molecule has 0 bridgehead atoms. The molecule has 1 atom stereocenters. The number of fused-ring (bicyclic) bond motifs is 1. The zero-order chi connectivity index (χ0) is 27.8. The number of rotatable bonds is 4. The largest absolute Gasteiger partial charge is 0.444 e. The molecule has 1 amide bonds. The van der Waals surface area contributed by atoms with Gasteiger partial charge in [0.15, 0.2) is 0 Å². The number of amides is 1. The van der Waals surface area contributed by atoms with E-state index in [1.165, 1.54) is 0 Å². The van der Waals surface area contributed by atoms with Crippen molar-refractivity contribution in [3.8, 4) is 23.8 Å². The second-order valence-corrected chi connectivity index (χ2v) is 11.3. The number of carbonyl (C=O) groups excluding carboxylic acids is 1. The number of hydrogen-bond donors (Lipinski definition) is 4. The van der Waals surface area contributed by atoms with Crippen LogP contribution in [0.4, 0.5) is 4.79 Å². The van der Waals surface area contributed by atoms with Gasteiger partial charge >= 0.3 is 6.09 Å². The number of hydrogen-bond acceptors (Lipinski definition) is 7. The number of aromatic amines is 1. The molecule has 200 valence electrons. The van der Waals surface area contributed by atoms with Gasteiger partial charge in [-0.15, -0.1) is 0 Å². The Balaban J connectivity index is 1.67. The first-order valence-corrected chi connectivity index (χ1v) is 12.8. The van der Waals surface area contributed by atoms with E-state index >= 15 is 0 Å². The molecule has 1 aliphatic carbocycles. The second-order valence-electron chi connectivity index (χ2n) is 11.3. The molecule has 5 N–H and O–H groups in total. The smallest absolute Gasteiger partial charge is 0.407 e. The van der Waals surface area contributed by atoms with Crippen LogP contribution in [0.2, 0.25) is 0 Å². The first-order valence-electron chi connectivity index (χ1n) is 12.8. The van der Waals surface area contributed by atoms with Gasteiger partial charge in [-0.1, -0.05) is 31.8 Å². The molecule has 2 heterocycles. The normalized spacial score (nSPS) is 22.4. The van der Waals surface area contributed by atoms with E-state index in [0.29, 0.717) is 22.7 Å². The number of aliphatic hydroxyl groups excluding tert-OH is 1. The molecule has 2 aliphatic rings. The van der Waals surface area contributed by atoms with Crippen LogP contribution in [-0.2, 0) is 16.8 Å². The van der Waals surface area contributed by atoms with Gasteiger partial charge in [0.1, 0.15) is 17.2 Å². The van der Waals surface area contributed by atoms with Gasteiger partial charge in [-0.2, -0.15) is 10.4 Å². The van der Waals surface area contributed by atoms with Crippen LogP contribution < -0.4 is 15.8 Å². The Morgan fingerprint density at radius 1 is 1.37 bits per heavy atom. The maximum Gasteiger partial charge on any atom is 0.407 e. The van der Waals surface area contributed by atoms with Crippen LogP contribution in [-0.4, -0.2) is 33.0 Å². The van der Waals surface area contributed by atoms with Gasteiger partial charge in [-0.25, -0.2) is 9.89 Å². The van der Waals surface area contributed by atoms with Gasteiger partial charge in [0.2, 0.25) is 11.8 Å². The van der Waals surface area contributed by atoms with Crippen molar-refractivity contribution in [1.29, 1.82) is 5.26 Å². The van der Waals surface area contributed by atoms with Crippen molar-refractivity contribution in [2.75, 3.05) is 0 Å². The maximum absolute atomic E-state index is 12.0. The number of aliphatic hydroxyl groups is 1. The van der Waals surface area contributed by atoms with Crippen molar-refractivity contribution in [3.63, 3.8) is 0 Å². The number of aryl methyl sites for hydroxylation is 1. The summed E-state index contributed by atoms with van der Waals surface area (Å²) in [6, 6.07) is 8.01. The van der Waals surface area contributed by atoms with Gasteiger partial charge < -0.3 is 25.6 Å². The predicted molar refractivity (Wildman–Crippen MR) is 142 cm³/mol. The minimum atomic E-state index is -0.940. The molecule has 38 heavy (non-hydrogen) atoms. The molecule has 2 aromatic rings. The topological polar surface area (TPSA) is 146 Å². The number of alkyl carbamates (subject to hydrolysis) is 1. The summed E-state index contributed by atoms with van der Waals surface area (Å²) in [4.78, 5) is 12.0. The highest BCUT2D eigenvalue weighted by atomic mass is 16.6. The predicted octanol–water partition coefficient (Wildman–Crippen LogP) is 3.89. The second kappa shape index (κ2) is 10.1. The van der Waals surface area contributed by atoms with Crippen molar-refractivity contribution < 1.29 is 19.4 Å². The lowest BCUT2D eigenvalue weighted by Crippen LogP contribution is -2.45. The molecule has 9 heteroatoms. The molecule has 0 saturated heterocycles. The Bertz CT molecular complexity index is 1380. The molecule has 9 nitrogen and oxygen atoms in total. The highest BCUT2D eigenvalue weighted by molar-refractivity contribution is 5.68. The number of nitrogens with zero attached hydrogens (tertiary/aromatic N) is 2. The number of H-pyrrole nitrogens is 1. The summed E-state index contributed by atoms with van der Waals surface area (Å²) in [6.07, 6.45) is 1.06. The minimum Gasteiger partial charge on any atom is -0.444 e. The van der Waals surface area contributed by atoms with E-state index in [9.17, 15) is 15.2 Å². The van der Waals surface area contributed by atoms with Gasteiger partial charge in [-0.3, -0.25) is 0 Å². The third kappa shape index (κ3) is 4.94. The number of nitrogens with two attached hydrogens (primary N) is 1. The van der Waals surface area contributed by atoms with E-state index in [1.807, 2.05) is 59.7 Å². The Labute approximate surface area is 223 Å². The first-order chi connectivity index (χ1) is 17.9. The van der Waals surface area contributed by atoms with E-state index < -0.39 is 17.1 Å². The van der Waals surface area contributed by atoms with Crippen LogP contribution >= 0.6 is 0 Å². The van der Waals surface area contributed by atoms with Crippen molar-refractivity contribution in [3.05, 3.63) is 57.6 Å². The lowest BCUT2D eigenvalue weighted by atomic mass is 9.61. The summed E-state index contributed by atoms with van der Waals surface area (Å²) in [5.41, 5.74) is 8.71. The van der Waals surface area contributed by atoms with E-state index in [0.717, 1.165) is 29.5 Å². The maximum atomic E-state index is 12.0. The number of nitrogens with one attached hydrogen (secondary N) is 2. The van der Waals surface area contributed by atoms with Crippen molar-refractivity contribution in [2.24, 2.45) is 17.6 Å². The fourth-order valence-corrected chi connectivity index (χ4v) is 5.37. The van der Waals surface area contributed by atoms with Crippen LogP contribution in [0.5, 0.6) is 5.88 Å². The van der Waals surface area contributed by atoms with Crippen molar-refractivity contribution in [2.45, 2.75) is 78.0 Å². The summed E-state index contributed by atoms with van der Waals surface area (Å²) in [5, 5.41) is 30.4. The molecule has 0 radical (unpaired) electrons. The lowest BCUT2D eigenvalue weighted by Gasteiger charge is -2.41.